The molecule has 0 spiro atoms. The molecule has 9 heteroatoms. The number of nitrogens with one attached hydrogen (secondary N) is 1. The predicted molar refractivity (Wildman–Crippen MR) is 83.3 cm³/mol. The van der Waals surface area contributed by atoms with E-state index in [0.29, 0.717) is 5.56 Å². The van der Waals surface area contributed by atoms with Crippen LogP contribution < -0.4 is 10.3 Å². The van der Waals surface area contributed by atoms with Crippen molar-refractivity contribution in [2.75, 3.05) is 6.26 Å². The lowest BCUT2D eigenvalue weighted by atomic mass is 10.1. The Morgan fingerprint density at radius 1 is 1.35 bits per heavy atom. The zero-order chi connectivity index (χ0) is 16.8. The molecule has 0 radical (unpaired) electrons. The van der Waals surface area contributed by atoms with Gasteiger partial charge in [-0.3, -0.25) is 4.79 Å². The maximum Gasteiger partial charge on any atom is 0.259 e. The van der Waals surface area contributed by atoms with Gasteiger partial charge in [-0.15, -0.1) is 0 Å². The van der Waals surface area contributed by atoms with Crippen LogP contribution in [0.15, 0.2) is 27.6 Å². The standard InChI is InChI=1S/C14H18N4O4S/c1-14(2,17-23(3,20)21)13-15-12(22-16-13)9-4-7-11(19)18(8-9)10-5-6-10/h4,7-8,10,17H,5-6H2,1-3H3. The summed E-state index contributed by atoms with van der Waals surface area (Å²) in [5.74, 6) is 0.472. The summed E-state index contributed by atoms with van der Waals surface area (Å²) in [5, 5.41) is 3.86. The van der Waals surface area contributed by atoms with Crippen molar-refractivity contribution in [2.45, 2.75) is 38.3 Å². The van der Waals surface area contributed by atoms with Gasteiger partial charge in [0.1, 0.15) is 0 Å². The van der Waals surface area contributed by atoms with Crippen LogP contribution in [0.4, 0.5) is 0 Å². The van der Waals surface area contributed by atoms with Gasteiger partial charge in [0.05, 0.1) is 17.4 Å². The van der Waals surface area contributed by atoms with E-state index in [-0.39, 0.29) is 23.3 Å². The third-order valence-corrected chi connectivity index (χ3v) is 4.43. The molecule has 8 nitrogen and oxygen atoms in total. The highest BCUT2D eigenvalue weighted by Gasteiger charge is 2.30. The number of aromatic nitrogens is 3. The highest BCUT2D eigenvalue weighted by Crippen LogP contribution is 2.34. The first-order valence-corrected chi connectivity index (χ1v) is 9.10. The Morgan fingerprint density at radius 3 is 2.65 bits per heavy atom. The van der Waals surface area contributed by atoms with Crippen LogP contribution in [-0.4, -0.2) is 29.4 Å². The van der Waals surface area contributed by atoms with E-state index in [1.807, 2.05) is 0 Å². The summed E-state index contributed by atoms with van der Waals surface area (Å²) >= 11 is 0. The van der Waals surface area contributed by atoms with Crippen molar-refractivity contribution in [3.8, 4) is 11.5 Å². The summed E-state index contributed by atoms with van der Waals surface area (Å²) in [6, 6.07) is 3.33. The predicted octanol–water partition coefficient (Wildman–Crippen LogP) is 1.02. The van der Waals surface area contributed by atoms with Crippen LogP contribution in [0.2, 0.25) is 0 Å². The Kier molecular flexibility index (Phi) is 3.64. The molecule has 2 aromatic rings. The molecule has 3 rings (SSSR count). The van der Waals surface area contributed by atoms with E-state index in [2.05, 4.69) is 14.9 Å². The second kappa shape index (κ2) is 5.27. The molecule has 1 fully saturated rings. The van der Waals surface area contributed by atoms with Crippen molar-refractivity contribution >= 4 is 10.0 Å². The third kappa shape index (κ3) is 3.50. The summed E-state index contributed by atoms with van der Waals surface area (Å²) in [4.78, 5) is 16.1. The molecule has 1 aliphatic carbocycles. The lowest BCUT2D eigenvalue weighted by Crippen LogP contribution is -2.41. The normalized spacial score (nSPS) is 15.8. The number of hydrogen-bond donors (Lipinski definition) is 1. The molecule has 0 atom stereocenters. The van der Waals surface area contributed by atoms with E-state index < -0.39 is 15.6 Å². The first kappa shape index (κ1) is 15.9. The van der Waals surface area contributed by atoms with Gasteiger partial charge in [0.25, 0.3) is 11.4 Å². The van der Waals surface area contributed by atoms with Gasteiger partial charge >= 0.3 is 0 Å². The first-order chi connectivity index (χ1) is 10.7. The molecule has 1 N–H and O–H groups in total. The number of sulfonamides is 1. The molecule has 2 aromatic heterocycles. The van der Waals surface area contributed by atoms with Crippen LogP contribution in [0, 0.1) is 0 Å². The fourth-order valence-electron chi connectivity index (χ4n) is 2.37. The Hall–Kier alpha value is -2.00. The van der Waals surface area contributed by atoms with Gasteiger partial charge in [0, 0.05) is 18.3 Å². The van der Waals surface area contributed by atoms with Crippen molar-refractivity contribution in [1.82, 2.24) is 19.4 Å². The zero-order valence-corrected chi connectivity index (χ0v) is 13.9. The largest absolute Gasteiger partial charge is 0.334 e. The number of nitrogens with zero attached hydrogens (tertiary/aromatic N) is 3. The molecule has 0 amide bonds. The van der Waals surface area contributed by atoms with E-state index in [9.17, 15) is 13.2 Å². The molecule has 0 aromatic carbocycles. The van der Waals surface area contributed by atoms with Gasteiger partial charge in [0.15, 0.2) is 5.82 Å². The van der Waals surface area contributed by atoms with E-state index in [1.165, 1.54) is 6.07 Å². The molecule has 0 saturated heterocycles. The van der Waals surface area contributed by atoms with Crippen LogP contribution in [0.5, 0.6) is 0 Å². The Morgan fingerprint density at radius 2 is 2.04 bits per heavy atom. The molecular formula is C14H18N4O4S. The minimum Gasteiger partial charge on any atom is -0.334 e. The quantitative estimate of drug-likeness (QED) is 0.872. The number of rotatable bonds is 5. The highest BCUT2D eigenvalue weighted by atomic mass is 32.2. The van der Waals surface area contributed by atoms with Gasteiger partial charge in [-0.25, -0.2) is 13.1 Å². The fourth-order valence-corrected chi connectivity index (χ4v) is 3.39. The van der Waals surface area contributed by atoms with Gasteiger partial charge in [-0.1, -0.05) is 5.16 Å². The van der Waals surface area contributed by atoms with E-state index in [1.54, 1.807) is 30.7 Å². The minimum atomic E-state index is -3.42. The summed E-state index contributed by atoms with van der Waals surface area (Å²) in [5.41, 5.74) is -0.430. The Labute approximate surface area is 133 Å². The number of hydrogen-bond acceptors (Lipinski definition) is 6. The average molecular weight is 338 g/mol. The van der Waals surface area contributed by atoms with Crippen molar-refractivity contribution in [1.29, 1.82) is 0 Å². The van der Waals surface area contributed by atoms with Crippen LogP contribution in [0.25, 0.3) is 11.5 Å². The third-order valence-electron chi connectivity index (χ3n) is 3.55. The van der Waals surface area contributed by atoms with Crippen molar-refractivity contribution < 1.29 is 12.9 Å². The summed E-state index contributed by atoms with van der Waals surface area (Å²) in [7, 11) is -3.42. The average Bonchev–Trinajstić information content (AvgIpc) is 3.12. The topological polar surface area (TPSA) is 107 Å². The van der Waals surface area contributed by atoms with Crippen LogP contribution in [-0.2, 0) is 15.6 Å². The van der Waals surface area contributed by atoms with Crippen LogP contribution >= 0.6 is 0 Å². The van der Waals surface area contributed by atoms with E-state index in [0.717, 1.165) is 19.1 Å². The molecule has 0 aliphatic heterocycles. The molecule has 1 aliphatic rings. The van der Waals surface area contributed by atoms with Gasteiger partial charge in [-0.2, -0.15) is 4.98 Å². The monoisotopic (exact) mass is 338 g/mol. The smallest absolute Gasteiger partial charge is 0.259 e. The molecule has 1 saturated carbocycles. The molecular weight excluding hydrogens is 320 g/mol. The molecule has 23 heavy (non-hydrogen) atoms. The van der Waals surface area contributed by atoms with Gasteiger partial charge < -0.3 is 9.09 Å². The summed E-state index contributed by atoms with van der Waals surface area (Å²) < 4.78 is 32.2. The Bertz CT molecular complexity index is 893. The van der Waals surface area contributed by atoms with Crippen LogP contribution in [0.1, 0.15) is 38.6 Å². The van der Waals surface area contributed by atoms with Crippen molar-refractivity contribution in [3.05, 3.63) is 34.5 Å². The van der Waals surface area contributed by atoms with Gasteiger partial charge in [-0.05, 0) is 32.8 Å². The van der Waals surface area contributed by atoms with Gasteiger partial charge in [0.2, 0.25) is 10.0 Å². The molecule has 0 unspecified atom stereocenters. The highest BCUT2D eigenvalue weighted by molar-refractivity contribution is 7.88. The van der Waals surface area contributed by atoms with E-state index >= 15 is 0 Å². The summed E-state index contributed by atoms with van der Waals surface area (Å²) in [6.45, 7) is 3.29. The molecule has 0 bridgehead atoms. The van der Waals surface area contributed by atoms with Crippen LogP contribution in [0.3, 0.4) is 0 Å². The summed E-state index contributed by atoms with van der Waals surface area (Å²) in [6.07, 6.45) is 4.75. The maximum atomic E-state index is 11.8. The zero-order valence-electron chi connectivity index (χ0n) is 13.1. The SMILES string of the molecule is CC(C)(NS(C)(=O)=O)c1noc(-c2ccc(=O)n(C3CC3)c2)n1. The lowest BCUT2D eigenvalue weighted by Gasteiger charge is -2.20. The second-order valence-corrected chi connectivity index (χ2v) is 8.07. The first-order valence-electron chi connectivity index (χ1n) is 7.21. The molecule has 2 heterocycles. The second-order valence-electron chi connectivity index (χ2n) is 6.32. The lowest BCUT2D eigenvalue weighted by molar-refractivity contribution is 0.382. The fraction of sp³-hybridized carbons (Fsp3) is 0.500. The van der Waals surface area contributed by atoms with E-state index in [4.69, 9.17) is 4.52 Å². The molecule has 124 valence electrons. The number of pyridine rings is 1. The Balaban J connectivity index is 1.93. The van der Waals surface area contributed by atoms with Crippen molar-refractivity contribution in [3.63, 3.8) is 0 Å². The minimum absolute atomic E-state index is 0.0601. The van der Waals surface area contributed by atoms with Crippen molar-refractivity contribution in [2.24, 2.45) is 0 Å². The maximum absolute atomic E-state index is 11.8.